The van der Waals surface area contributed by atoms with Gasteiger partial charge in [-0.2, -0.15) is 0 Å². The molecule has 15 heavy (non-hydrogen) atoms. The largest absolute Gasteiger partial charge is 0.368 e. The summed E-state index contributed by atoms with van der Waals surface area (Å²) in [5.41, 5.74) is 5.14. The van der Waals surface area contributed by atoms with Crippen LogP contribution in [-0.2, 0) is 14.4 Å². The van der Waals surface area contributed by atoms with Gasteiger partial charge in [0.25, 0.3) is 0 Å². The first-order chi connectivity index (χ1) is 6.69. The molecule has 0 rings (SSSR count). The first-order valence-corrected chi connectivity index (χ1v) is 4.82. The van der Waals surface area contributed by atoms with E-state index in [0.29, 0.717) is 6.42 Å². The van der Waals surface area contributed by atoms with E-state index in [2.05, 4.69) is 0 Å². The fraction of sp³-hybridized carbons (Fsp3) is 0.800. The third kappa shape index (κ3) is 4.78. The molecular formula is C10H20N2O3. The van der Waals surface area contributed by atoms with Crippen molar-refractivity contribution in [2.24, 2.45) is 11.1 Å². The van der Waals surface area contributed by atoms with Crippen molar-refractivity contribution in [3.05, 3.63) is 0 Å². The van der Waals surface area contributed by atoms with Crippen LogP contribution in [0.5, 0.6) is 0 Å². The lowest BCUT2D eigenvalue weighted by molar-refractivity contribution is -0.191. The second kappa shape index (κ2) is 5.11. The van der Waals surface area contributed by atoms with E-state index in [-0.39, 0.29) is 11.3 Å². The summed E-state index contributed by atoms with van der Waals surface area (Å²) in [6.07, 6.45) is 0.468. The smallest absolute Gasteiger partial charge is 0.243 e. The van der Waals surface area contributed by atoms with Crippen LogP contribution in [0.3, 0.4) is 0 Å². The van der Waals surface area contributed by atoms with E-state index < -0.39 is 11.9 Å². The Morgan fingerprint density at radius 2 is 1.87 bits per heavy atom. The first-order valence-electron chi connectivity index (χ1n) is 4.82. The highest BCUT2D eigenvalue weighted by Crippen LogP contribution is 2.23. The van der Waals surface area contributed by atoms with Crippen LogP contribution in [0.15, 0.2) is 0 Å². The predicted octanol–water partition coefficient (Wildman–Crippen LogP) is 0.686. The molecule has 1 atom stereocenters. The zero-order valence-electron chi connectivity index (χ0n) is 10.0. The first kappa shape index (κ1) is 13.9. The Bertz CT molecular complexity index is 246. The molecule has 5 heteroatoms. The number of nitrogens with two attached hydrogens (primary N) is 1. The molecule has 0 radical (unpaired) electrons. The fourth-order valence-corrected chi connectivity index (χ4v) is 1.35. The van der Waals surface area contributed by atoms with Crippen molar-refractivity contribution >= 4 is 11.8 Å². The number of primary amides is 1. The van der Waals surface area contributed by atoms with Gasteiger partial charge in [0.2, 0.25) is 11.8 Å². The monoisotopic (exact) mass is 216 g/mol. The molecule has 0 heterocycles. The highest BCUT2D eigenvalue weighted by molar-refractivity contribution is 5.85. The third-order valence-corrected chi connectivity index (χ3v) is 1.92. The minimum atomic E-state index is -0.715. The van der Waals surface area contributed by atoms with Gasteiger partial charge in [0.05, 0.1) is 7.11 Å². The van der Waals surface area contributed by atoms with E-state index in [0.717, 1.165) is 5.06 Å². The molecule has 0 unspecified atom stereocenters. The molecule has 0 aliphatic carbocycles. The van der Waals surface area contributed by atoms with Gasteiger partial charge in [-0.15, -0.1) is 0 Å². The maximum Gasteiger partial charge on any atom is 0.243 e. The number of carbonyl (C=O) groups is 2. The fourth-order valence-electron chi connectivity index (χ4n) is 1.35. The Morgan fingerprint density at radius 1 is 1.40 bits per heavy atom. The van der Waals surface area contributed by atoms with Crippen molar-refractivity contribution in [3.8, 4) is 0 Å². The maximum absolute atomic E-state index is 11.2. The summed E-state index contributed by atoms with van der Waals surface area (Å²) in [5.74, 6) is -0.882. The van der Waals surface area contributed by atoms with E-state index in [4.69, 9.17) is 10.6 Å². The van der Waals surface area contributed by atoms with Crippen molar-refractivity contribution in [1.29, 1.82) is 0 Å². The van der Waals surface area contributed by atoms with E-state index >= 15 is 0 Å². The van der Waals surface area contributed by atoms with Crippen LogP contribution in [0.4, 0.5) is 0 Å². The average Bonchev–Trinajstić information content (AvgIpc) is 2.00. The van der Waals surface area contributed by atoms with Gasteiger partial charge >= 0.3 is 0 Å². The zero-order valence-corrected chi connectivity index (χ0v) is 10.0. The second-order valence-electron chi connectivity index (χ2n) is 4.71. The van der Waals surface area contributed by atoms with Crippen molar-refractivity contribution in [3.63, 3.8) is 0 Å². The third-order valence-electron chi connectivity index (χ3n) is 1.92. The molecule has 2 amide bonds. The van der Waals surface area contributed by atoms with E-state index in [1.807, 2.05) is 20.8 Å². The number of amides is 2. The summed E-state index contributed by atoms with van der Waals surface area (Å²) in [7, 11) is 1.35. The number of nitrogens with zero attached hydrogens (tertiary/aromatic N) is 1. The predicted molar refractivity (Wildman–Crippen MR) is 56.6 cm³/mol. The lowest BCUT2D eigenvalue weighted by Crippen LogP contribution is -2.48. The van der Waals surface area contributed by atoms with Gasteiger partial charge in [0.15, 0.2) is 0 Å². The summed E-state index contributed by atoms with van der Waals surface area (Å²) in [5, 5.41) is 1.02. The van der Waals surface area contributed by atoms with Gasteiger partial charge in [-0.25, -0.2) is 5.06 Å². The Labute approximate surface area is 90.5 Å². The number of rotatable bonds is 4. The van der Waals surface area contributed by atoms with Gasteiger partial charge in [0.1, 0.15) is 6.04 Å². The topological polar surface area (TPSA) is 72.6 Å². The molecule has 88 valence electrons. The molecule has 0 bridgehead atoms. The lowest BCUT2D eigenvalue weighted by Gasteiger charge is -2.30. The molecule has 5 nitrogen and oxygen atoms in total. The Hall–Kier alpha value is -1.10. The second-order valence-corrected chi connectivity index (χ2v) is 4.71. The summed E-state index contributed by atoms with van der Waals surface area (Å²) >= 11 is 0. The Morgan fingerprint density at radius 3 is 2.07 bits per heavy atom. The van der Waals surface area contributed by atoms with Crippen LogP contribution < -0.4 is 5.73 Å². The lowest BCUT2D eigenvalue weighted by atomic mass is 9.87. The van der Waals surface area contributed by atoms with Gasteiger partial charge in [-0.3, -0.25) is 14.4 Å². The molecule has 0 spiro atoms. The van der Waals surface area contributed by atoms with Gasteiger partial charge in [-0.05, 0) is 11.8 Å². The van der Waals surface area contributed by atoms with Gasteiger partial charge < -0.3 is 5.73 Å². The summed E-state index contributed by atoms with van der Waals surface area (Å²) in [6.45, 7) is 7.24. The average molecular weight is 216 g/mol. The molecule has 0 aromatic carbocycles. The minimum Gasteiger partial charge on any atom is -0.368 e. The normalized spacial score (nSPS) is 13.4. The summed E-state index contributed by atoms with van der Waals surface area (Å²) < 4.78 is 0. The van der Waals surface area contributed by atoms with Gasteiger partial charge in [-0.1, -0.05) is 20.8 Å². The molecule has 0 aliphatic heterocycles. The molecule has 0 saturated carbocycles. The number of carbonyl (C=O) groups excluding carboxylic acids is 2. The van der Waals surface area contributed by atoms with Crippen LogP contribution >= 0.6 is 0 Å². The van der Waals surface area contributed by atoms with Crippen LogP contribution in [-0.4, -0.2) is 30.0 Å². The minimum absolute atomic E-state index is 0.105. The molecule has 0 aliphatic rings. The Balaban J connectivity index is 4.79. The molecule has 2 N–H and O–H groups in total. The van der Waals surface area contributed by atoms with Gasteiger partial charge in [0, 0.05) is 6.92 Å². The van der Waals surface area contributed by atoms with Crippen LogP contribution in [0, 0.1) is 5.41 Å². The van der Waals surface area contributed by atoms with E-state index in [1.54, 1.807) is 0 Å². The van der Waals surface area contributed by atoms with Crippen molar-refractivity contribution in [2.45, 2.75) is 40.2 Å². The highest BCUT2D eigenvalue weighted by atomic mass is 16.7. The van der Waals surface area contributed by atoms with E-state index in [9.17, 15) is 9.59 Å². The van der Waals surface area contributed by atoms with Crippen LogP contribution in [0.2, 0.25) is 0 Å². The van der Waals surface area contributed by atoms with Crippen molar-refractivity contribution in [1.82, 2.24) is 5.06 Å². The van der Waals surface area contributed by atoms with Crippen molar-refractivity contribution in [2.75, 3.05) is 7.11 Å². The standard InChI is InChI=1S/C10H20N2O3/c1-7(13)12(15-5)8(9(11)14)6-10(2,3)4/h8H,6H2,1-5H3,(H2,11,14)/t8-/m0/s1. The highest BCUT2D eigenvalue weighted by Gasteiger charge is 2.30. The quantitative estimate of drug-likeness (QED) is 0.702. The summed E-state index contributed by atoms with van der Waals surface area (Å²) in [4.78, 5) is 27.3. The number of hydrogen-bond donors (Lipinski definition) is 1. The molecule has 0 aromatic rings. The summed E-state index contributed by atoms with van der Waals surface area (Å²) in [6, 6.07) is -0.715. The molecule has 0 saturated heterocycles. The van der Waals surface area contributed by atoms with Crippen molar-refractivity contribution < 1.29 is 14.4 Å². The molecule has 0 fully saturated rings. The maximum atomic E-state index is 11.2. The SMILES string of the molecule is CON(C(C)=O)[C@@H](CC(C)(C)C)C(N)=O. The number of hydrogen-bond acceptors (Lipinski definition) is 3. The Kier molecular flexibility index (Phi) is 4.74. The molecular weight excluding hydrogens is 196 g/mol. The number of hydroxylamine groups is 2. The molecule has 0 aromatic heterocycles. The zero-order chi connectivity index (χ0) is 12.2. The van der Waals surface area contributed by atoms with E-state index in [1.165, 1.54) is 14.0 Å². The van der Waals surface area contributed by atoms with Crippen LogP contribution in [0.25, 0.3) is 0 Å². The van der Waals surface area contributed by atoms with Crippen LogP contribution in [0.1, 0.15) is 34.1 Å².